The zero-order valence-corrected chi connectivity index (χ0v) is 13.0. The molecule has 0 radical (unpaired) electrons. The molecule has 0 saturated carbocycles. The van der Waals surface area contributed by atoms with E-state index in [1.807, 2.05) is 4.90 Å². The maximum atomic E-state index is 12.4. The van der Waals surface area contributed by atoms with Gasteiger partial charge >= 0.3 is 0 Å². The summed E-state index contributed by atoms with van der Waals surface area (Å²) in [5.74, 6) is 0.877. The van der Waals surface area contributed by atoms with Gasteiger partial charge in [-0.05, 0) is 52.0 Å². The Balaban J connectivity index is 0.00000180. The van der Waals surface area contributed by atoms with Crippen molar-refractivity contribution < 1.29 is 4.79 Å². The Hall–Kier alpha value is -0.320. The standard InChI is InChI=1S/C14H27N3O.ClH/c1-11(15)13-6-9-17(10-13)12(2)14(18)16-7-4-3-5-8-16;/h11-13H,3-10,15H2,1-2H3;1H. The quantitative estimate of drug-likeness (QED) is 0.856. The molecule has 3 unspecified atom stereocenters. The minimum atomic E-state index is 0. The van der Waals surface area contributed by atoms with E-state index in [9.17, 15) is 4.79 Å². The number of nitrogens with two attached hydrogens (primary N) is 1. The molecule has 19 heavy (non-hydrogen) atoms. The van der Waals surface area contributed by atoms with Gasteiger partial charge in [-0.15, -0.1) is 12.4 Å². The van der Waals surface area contributed by atoms with Gasteiger partial charge in [0.05, 0.1) is 6.04 Å². The lowest BCUT2D eigenvalue weighted by atomic mass is 10.0. The molecule has 0 spiro atoms. The van der Waals surface area contributed by atoms with Gasteiger partial charge in [0.15, 0.2) is 0 Å². The summed E-state index contributed by atoms with van der Waals surface area (Å²) in [7, 11) is 0. The van der Waals surface area contributed by atoms with Crippen molar-refractivity contribution in [1.82, 2.24) is 9.80 Å². The van der Waals surface area contributed by atoms with Gasteiger partial charge in [0.1, 0.15) is 0 Å². The van der Waals surface area contributed by atoms with Crippen molar-refractivity contribution in [3.63, 3.8) is 0 Å². The lowest BCUT2D eigenvalue weighted by Gasteiger charge is -2.32. The van der Waals surface area contributed by atoms with Gasteiger partial charge in [-0.3, -0.25) is 9.69 Å². The first-order valence-corrected chi connectivity index (χ1v) is 7.38. The van der Waals surface area contributed by atoms with Crippen LogP contribution in [-0.4, -0.2) is 54.0 Å². The zero-order chi connectivity index (χ0) is 13.1. The van der Waals surface area contributed by atoms with Crippen molar-refractivity contribution in [2.24, 2.45) is 11.7 Å². The molecule has 2 heterocycles. The number of amides is 1. The fraction of sp³-hybridized carbons (Fsp3) is 0.929. The SMILES string of the molecule is CC(N)C1CCN(C(C)C(=O)N2CCCCC2)C1.Cl. The lowest BCUT2D eigenvalue weighted by Crippen LogP contribution is -2.48. The third-order valence-electron chi connectivity index (χ3n) is 4.57. The third kappa shape index (κ3) is 4.07. The highest BCUT2D eigenvalue weighted by atomic mass is 35.5. The molecule has 1 amide bonds. The van der Waals surface area contributed by atoms with Gasteiger partial charge in [0.2, 0.25) is 5.91 Å². The topological polar surface area (TPSA) is 49.6 Å². The van der Waals surface area contributed by atoms with E-state index in [-0.39, 0.29) is 24.5 Å². The van der Waals surface area contributed by atoms with Gasteiger partial charge in [-0.1, -0.05) is 0 Å². The van der Waals surface area contributed by atoms with Crippen LogP contribution in [0.2, 0.25) is 0 Å². The van der Waals surface area contributed by atoms with Crippen LogP contribution in [0.1, 0.15) is 39.5 Å². The molecule has 2 rings (SSSR count). The van der Waals surface area contributed by atoms with Crippen LogP contribution in [-0.2, 0) is 4.79 Å². The van der Waals surface area contributed by atoms with Gasteiger partial charge in [0, 0.05) is 25.7 Å². The van der Waals surface area contributed by atoms with E-state index in [4.69, 9.17) is 5.73 Å². The second kappa shape index (κ2) is 7.46. The number of hydrogen-bond acceptors (Lipinski definition) is 3. The lowest BCUT2D eigenvalue weighted by molar-refractivity contribution is -0.137. The second-order valence-corrected chi connectivity index (χ2v) is 5.96. The molecular formula is C14H28ClN3O. The number of nitrogens with zero attached hydrogens (tertiary/aromatic N) is 2. The Bertz CT molecular complexity index is 292. The van der Waals surface area contributed by atoms with Crippen molar-refractivity contribution in [2.45, 2.75) is 51.6 Å². The molecule has 2 fully saturated rings. The third-order valence-corrected chi connectivity index (χ3v) is 4.57. The highest BCUT2D eigenvalue weighted by Gasteiger charge is 2.33. The minimum Gasteiger partial charge on any atom is -0.341 e. The van der Waals surface area contributed by atoms with Gasteiger partial charge < -0.3 is 10.6 Å². The number of halogens is 1. The fourth-order valence-electron chi connectivity index (χ4n) is 3.13. The van der Waals surface area contributed by atoms with Crippen molar-refractivity contribution in [3.8, 4) is 0 Å². The molecule has 0 aromatic carbocycles. The molecule has 112 valence electrons. The molecule has 3 atom stereocenters. The molecule has 2 N–H and O–H groups in total. The van der Waals surface area contributed by atoms with E-state index in [0.717, 1.165) is 32.6 Å². The summed E-state index contributed by atoms with van der Waals surface area (Å²) in [6, 6.07) is 0.277. The first-order valence-electron chi connectivity index (χ1n) is 7.38. The molecule has 0 aromatic rings. The van der Waals surface area contributed by atoms with Crippen LogP contribution < -0.4 is 5.73 Å². The average molecular weight is 290 g/mol. The molecule has 0 bridgehead atoms. The predicted octanol–water partition coefficient (Wildman–Crippen LogP) is 1.48. The number of carbonyl (C=O) groups excluding carboxylic acids is 1. The average Bonchev–Trinajstić information content (AvgIpc) is 2.88. The predicted molar refractivity (Wildman–Crippen MR) is 80.5 cm³/mol. The zero-order valence-electron chi connectivity index (χ0n) is 12.2. The Morgan fingerprint density at radius 3 is 2.32 bits per heavy atom. The van der Waals surface area contributed by atoms with E-state index >= 15 is 0 Å². The van der Waals surface area contributed by atoms with E-state index in [1.54, 1.807) is 0 Å². The summed E-state index contributed by atoms with van der Waals surface area (Å²) in [5.41, 5.74) is 5.96. The number of hydrogen-bond donors (Lipinski definition) is 1. The summed E-state index contributed by atoms with van der Waals surface area (Å²) < 4.78 is 0. The van der Waals surface area contributed by atoms with Crippen molar-refractivity contribution >= 4 is 18.3 Å². The van der Waals surface area contributed by atoms with E-state index in [0.29, 0.717) is 11.8 Å². The molecule has 0 aromatic heterocycles. The molecule has 2 aliphatic heterocycles. The number of likely N-dealkylation sites (tertiary alicyclic amines) is 2. The van der Waals surface area contributed by atoms with E-state index < -0.39 is 0 Å². The molecule has 2 aliphatic rings. The number of rotatable bonds is 3. The summed E-state index contributed by atoms with van der Waals surface area (Å²) in [6.07, 6.45) is 4.74. The Kier molecular flexibility index (Phi) is 6.57. The second-order valence-electron chi connectivity index (χ2n) is 5.96. The van der Waals surface area contributed by atoms with Gasteiger partial charge in [-0.2, -0.15) is 0 Å². The van der Waals surface area contributed by atoms with Crippen LogP contribution in [0.25, 0.3) is 0 Å². The fourth-order valence-corrected chi connectivity index (χ4v) is 3.13. The molecule has 0 aliphatic carbocycles. The molecule has 4 nitrogen and oxygen atoms in total. The Morgan fingerprint density at radius 2 is 1.79 bits per heavy atom. The maximum Gasteiger partial charge on any atom is 0.239 e. The van der Waals surface area contributed by atoms with Crippen LogP contribution in [0, 0.1) is 5.92 Å². The molecule has 2 saturated heterocycles. The summed E-state index contributed by atoms with van der Waals surface area (Å²) in [5, 5.41) is 0. The van der Waals surface area contributed by atoms with E-state index in [2.05, 4.69) is 18.7 Å². The monoisotopic (exact) mass is 289 g/mol. The number of carbonyl (C=O) groups is 1. The molecular weight excluding hydrogens is 262 g/mol. The summed E-state index contributed by atoms with van der Waals surface area (Å²) in [4.78, 5) is 16.8. The van der Waals surface area contributed by atoms with Crippen LogP contribution in [0.15, 0.2) is 0 Å². The van der Waals surface area contributed by atoms with Crippen molar-refractivity contribution in [3.05, 3.63) is 0 Å². The van der Waals surface area contributed by atoms with Gasteiger partial charge in [0.25, 0.3) is 0 Å². The van der Waals surface area contributed by atoms with Crippen LogP contribution >= 0.6 is 12.4 Å². The smallest absolute Gasteiger partial charge is 0.239 e. The maximum absolute atomic E-state index is 12.4. The summed E-state index contributed by atoms with van der Waals surface area (Å²) in [6.45, 7) is 8.04. The summed E-state index contributed by atoms with van der Waals surface area (Å²) >= 11 is 0. The van der Waals surface area contributed by atoms with Crippen LogP contribution in [0.4, 0.5) is 0 Å². The number of piperidine rings is 1. The van der Waals surface area contributed by atoms with E-state index in [1.165, 1.54) is 19.3 Å². The first kappa shape index (κ1) is 16.7. The Labute approximate surface area is 123 Å². The molecule has 5 heteroatoms. The van der Waals surface area contributed by atoms with Gasteiger partial charge in [-0.25, -0.2) is 0 Å². The first-order chi connectivity index (χ1) is 8.59. The Morgan fingerprint density at radius 1 is 1.16 bits per heavy atom. The van der Waals surface area contributed by atoms with Crippen LogP contribution in [0.3, 0.4) is 0 Å². The highest BCUT2D eigenvalue weighted by molar-refractivity contribution is 5.85. The van der Waals surface area contributed by atoms with Crippen molar-refractivity contribution in [2.75, 3.05) is 26.2 Å². The minimum absolute atomic E-state index is 0. The largest absolute Gasteiger partial charge is 0.341 e. The van der Waals surface area contributed by atoms with Crippen molar-refractivity contribution in [1.29, 1.82) is 0 Å². The van der Waals surface area contributed by atoms with Crippen LogP contribution in [0.5, 0.6) is 0 Å². The normalized spacial score (nSPS) is 27.7. The highest BCUT2D eigenvalue weighted by Crippen LogP contribution is 2.22.